The molecular weight excluding hydrogens is 224 g/mol. The Labute approximate surface area is 92.8 Å². The molecular formula is C8H9ClN2O2S. The Kier molecular flexibility index (Phi) is 5.78. The van der Waals surface area contributed by atoms with Gasteiger partial charge in [0, 0.05) is 0 Å². The number of hydrazine groups is 1. The first-order valence-electron chi connectivity index (χ1n) is 3.52. The molecule has 0 saturated heterocycles. The quantitative estimate of drug-likeness (QED) is 0.328. The van der Waals surface area contributed by atoms with Crippen LogP contribution in [-0.2, 0) is 4.74 Å². The van der Waals surface area contributed by atoms with Gasteiger partial charge in [-0.2, -0.15) is 0 Å². The average molecular weight is 233 g/mol. The molecule has 0 amide bonds. The third-order valence-corrected chi connectivity index (χ3v) is 1.51. The summed E-state index contributed by atoms with van der Waals surface area (Å²) in [7, 11) is 0. The molecule has 0 bridgehead atoms. The maximum atomic E-state index is 11.2. The van der Waals surface area contributed by atoms with Crippen LogP contribution in [-0.4, -0.2) is 11.1 Å². The van der Waals surface area contributed by atoms with Gasteiger partial charge in [0.25, 0.3) is 5.17 Å². The smallest absolute Gasteiger partial charge is 0.345 e. The molecule has 4 nitrogen and oxygen atoms in total. The monoisotopic (exact) mass is 232 g/mol. The average Bonchev–Trinajstić information content (AvgIpc) is 2.19. The molecule has 0 saturated carbocycles. The second kappa shape index (κ2) is 6.31. The molecule has 0 unspecified atom stereocenters. The zero-order valence-electron chi connectivity index (χ0n) is 7.10. The zero-order valence-corrected chi connectivity index (χ0v) is 8.73. The maximum absolute atomic E-state index is 11.2. The van der Waals surface area contributed by atoms with Gasteiger partial charge >= 0.3 is 5.97 Å². The molecule has 0 aliphatic rings. The fourth-order valence-electron chi connectivity index (χ4n) is 0.747. The van der Waals surface area contributed by atoms with E-state index in [4.69, 9.17) is 5.84 Å². The van der Waals surface area contributed by atoms with Crippen molar-refractivity contribution in [3.05, 3.63) is 35.9 Å². The van der Waals surface area contributed by atoms with Gasteiger partial charge in [-0.3, -0.25) is 5.43 Å². The van der Waals surface area contributed by atoms with Gasteiger partial charge in [0.15, 0.2) is 0 Å². The van der Waals surface area contributed by atoms with Crippen molar-refractivity contribution in [3.8, 4) is 0 Å². The van der Waals surface area contributed by atoms with Gasteiger partial charge in [-0.15, -0.1) is 12.4 Å². The Morgan fingerprint density at radius 2 is 1.93 bits per heavy atom. The molecule has 0 heterocycles. The highest BCUT2D eigenvalue weighted by molar-refractivity contribution is 7.80. The standard InChI is InChI=1S/C8H8N2O2S.ClH/c9-10-8(13)12-7(11)6-4-2-1-3-5-6;/h1-5H,9H2,(H,10,13);1H. The van der Waals surface area contributed by atoms with Crippen molar-refractivity contribution in [2.45, 2.75) is 0 Å². The van der Waals surface area contributed by atoms with Crippen molar-refractivity contribution in [1.29, 1.82) is 0 Å². The summed E-state index contributed by atoms with van der Waals surface area (Å²) in [6, 6.07) is 8.52. The summed E-state index contributed by atoms with van der Waals surface area (Å²) in [6.45, 7) is 0. The minimum Gasteiger partial charge on any atom is -0.394 e. The van der Waals surface area contributed by atoms with Crippen molar-refractivity contribution in [1.82, 2.24) is 5.43 Å². The molecule has 1 aromatic carbocycles. The third kappa shape index (κ3) is 3.69. The van der Waals surface area contributed by atoms with E-state index in [9.17, 15) is 4.79 Å². The second-order valence-corrected chi connectivity index (χ2v) is 2.56. The maximum Gasteiger partial charge on any atom is 0.345 e. The van der Waals surface area contributed by atoms with E-state index in [1.165, 1.54) is 0 Å². The van der Waals surface area contributed by atoms with Crippen LogP contribution in [0.25, 0.3) is 0 Å². The highest BCUT2D eigenvalue weighted by atomic mass is 35.5. The molecule has 1 aromatic rings. The van der Waals surface area contributed by atoms with Crippen LogP contribution in [0.5, 0.6) is 0 Å². The summed E-state index contributed by atoms with van der Waals surface area (Å²) in [6.07, 6.45) is 0. The molecule has 3 N–H and O–H groups in total. The second-order valence-electron chi connectivity index (χ2n) is 2.19. The minimum atomic E-state index is -0.524. The molecule has 0 fully saturated rings. The van der Waals surface area contributed by atoms with E-state index >= 15 is 0 Å². The minimum absolute atomic E-state index is 0. The van der Waals surface area contributed by atoms with Crippen molar-refractivity contribution in [2.75, 3.05) is 0 Å². The van der Waals surface area contributed by atoms with Crippen LogP contribution in [0.4, 0.5) is 0 Å². The molecule has 0 aromatic heterocycles. The number of nitrogens with two attached hydrogens (primary N) is 1. The lowest BCUT2D eigenvalue weighted by atomic mass is 10.2. The molecule has 0 radical (unpaired) electrons. The first-order chi connectivity index (χ1) is 6.24. The Hall–Kier alpha value is -1.17. The van der Waals surface area contributed by atoms with E-state index in [1.807, 2.05) is 0 Å². The van der Waals surface area contributed by atoms with Gasteiger partial charge in [0.2, 0.25) is 0 Å². The lowest BCUT2D eigenvalue weighted by Crippen LogP contribution is -2.32. The Morgan fingerprint density at radius 1 is 1.36 bits per heavy atom. The predicted molar refractivity (Wildman–Crippen MR) is 59.0 cm³/mol. The Morgan fingerprint density at radius 3 is 2.43 bits per heavy atom. The van der Waals surface area contributed by atoms with Crippen molar-refractivity contribution in [2.24, 2.45) is 5.84 Å². The fraction of sp³-hybridized carbons (Fsp3) is 0. The van der Waals surface area contributed by atoms with Gasteiger partial charge in [-0.05, 0) is 24.4 Å². The van der Waals surface area contributed by atoms with E-state index in [0.717, 1.165) is 0 Å². The van der Waals surface area contributed by atoms with E-state index in [-0.39, 0.29) is 17.6 Å². The Balaban J connectivity index is 0.00000169. The summed E-state index contributed by atoms with van der Waals surface area (Å²) < 4.78 is 4.64. The van der Waals surface area contributed by atoms with Gasteiger partial charge < -0.3 is 4.74 Å². The zero-order chi connectivity index (χ0) is 9.68. The van der Waals surface area contributed by atoms with Crippen LogP contribution >= 0.6 is 24.6 Å². The third-order valence-electron chi connectivity index (χ3n) is 1.31. The number of ether oxygens (including phenoxy) is 1. The fourth-order valence-corrected chi connectivity index (χ4v) is 0.823. The van der Waals surface area contributed by atoms with Crippen molar-refractivity contribution >= 4 is 35.8 Å². The highest BCUT2D eigenvalue weighted by Gasteiger charge is 2.07. The molecule has 1 rings (SSSR count). The van der Waals surface area contributed by atoms with Crippen LogP contribution < -0.4 is 11.3 Å². The SMILES string of the molecule is Cl.NNC(=S)OC(=O)c1ccccc1. The first-order valence-corrected chi connectivity index (χ1v) is 3.92. The van der Waals surface area contributed by atoms with Crippen LogP contribution in [0.2, 0.25) is 0 Å². The van der Waals surface area contributed by atoms with Gasteiger partial charge in [-0.25, -0.2) is 10.6 Å². The topological polar surface area (TPSA) is 64.3 Å². The van der Waals surface area contributed by atoms with Gasteiger partial charge in [0.1, 0.15) is 0 Å². The first kappa shape index (κ1) is 12.8. The van der Waals surface area contributed by atoms with E-state index in [0.29, 0.717) is 5.56 Å². The number of rotatable bonds is 1. The van der Waals surface area contributed by atoms with E-state index < -0.39 is 5.97 Å². The normalized spacial score (nSPS) is 8.36. The number of nitrogens with one attached hydrogen (secondary N) is 1. The number of thiocarbonyl (C=S) groups is 1. The van der Waals surface area contributed by atoms with Crippen LogP contribution in [0, 0.1) is 0 Å². The Bertz CT molecular complexity index is 318. The summed E-state index contributed by atoms with van der Waals surface area (Å²) >= 11 is 4.55. The molecule has 0 atom stereocenters. The molecule has 6 heteroatoms. The van der Waals surface area contributed by atoms with Gasteiger partial charge in [0.05, 0.1) is 5.56 Å². The molecule has 14 heavy (non-hydrogen) atoms. The number of hydrogen-bond donors (Lipinski definition) is 2. The largest absolute Gasteiger partial charge is 0.394 e. The number of carbonyl (C=O) groups is 1. The van der Waals surface area contributed by atoms with Crippen LogP contribution in [0.15, 0.2) is 30.3 Å². The van der Waals surface area contributed by atoms with Gasteiger partial charge in [-0.1, -0.05) is 18.2 Å². The predicted octanol–water partition coefficient (Wildman–Crippen LogP) is 1.01. The molecule has 76 valence electrons. The van der Waals surface area contributed by atoms with E-state index in [1.54, 1.807) is 30.3 Å². The summed E-state index contributed by atoms with van der Waals surface area (Å²) in [5, 5.41) is -0.145. The number of benzene rings is 1. The number of halogens is 1. The van der Waals surface area contributed by atoms with Crippen LogP contribution in [0.3, 0.4) is 0 Å². The van der Waals surface area contributed by atoms with Crippen LogP contribution in [0.1, 0.15) is 10.4 Å². The molecule has 0 spiro atoms. The van der Waals surface area contributed by atoms with E-state index in [2.05, 4.69) is 22.4 Å². The van der Waals surface area contributed by atoms with Crippen molar-refractivity contribution in [3.63, 3.8) is 0 Å². The summed E-state index contributed by atoms with van der Waals surface area (Å²) in [4.78, 5) is 11.2. The molecule has 0 aliphatic carbocycles. The number of esters is 1. The lowest BCUT2D eigenvalue weighted by molar-refractivity contribution is 0.0714. The highest BCUT2D eigenvalue weighted by Crippen LogP contribution is 2.00. The number of carbonyl (C=O) groups excluding carboxylic acids is 1. The van der Waals surface area contributed by atoms with Crippen molar-refractivity contribution < 1.29 is 9.53 Å². The lowest BCUT2D eigenvalue weighted by Gasteiger charge is -2.03. The molecule has 0 aliphatic heterocycles. The summed E-state index contributed by atoms with van der Waals surface area (Å²) in [5.74, 6) is 4.41. The number of hydrogen-bond acceptors (Lipinski definition) is 4. The summed E-state index contributed by atoms with van der Waals surface area (Å²) in [5.41, 5.74) is 2.48.